The van der Waals surface area contributed by atoms with Gasteiger partial charge in [0.1, 0.15) is 16.9 Å². The number of ether oxygens (including phenoxy) is 1. The smallest absolute Gasteiger partial charge is 0.261 e. The van der Waals surface area contributed by atoms with E-state index in [1.165, 1.54) is 6.20 Å². The van der Waals surface area contributed by atoms with Gasteiger partial charge >= 0.3 is 0 Å². The molecule has 5 nitrogen and oxygen atoms in total. The predicted octanol–water partition coefficient (Wildman–Crippen LogP) is 6.65. The van der Waals surface area contributed by atoms with E-state index in [1.807, 2.05) is 50.2 Å². The number of rotatable bonds is 8. The SMILES string of the molecule is CC1CN(c2c(CO[Si](c3ccccc3)(c3ccccc3)C(C)(C)C)cc(C(O)c3cccnc3)c(F)c2Cl)CC(C)O1. The summed E-state index contributed by atoms with van der Waals surface area (Å²) < 4.78 is 29.4. The Labute approximate surface area is 260 Å². The number of morpholine rings is 1. The fourth-order valence-corrected chi connectivity index (χ4v) is 11.2. The molecular formula is C35H40ClFN2O3Si. The van der Waals surface area contributed by atoms with Crippen molar-refractivity contribution in [2.24, 2.45) is 0 Å². The maximum Gasteiger partial charge on any atom is 0.261 e. The fraction of sp³-hybridized carbons (Fsp3) is 0.343. The van der Waals surface area contributed by atoms with Gasteiger partial charge in [0.25, 0.3) is 8.32 Å². The van der Waals surface area contributed by atoms with E-state index < -0.39 is 20.2 Å². The lowest BCUT2D eigenvalue weighted by Crippen LogP contribution is -2.66. The third-order valence-electron chi connectivity index (χ3n) is 8.18. The molecule has 3 unspecified atom stereocenters. The molecule has 0 bridgehead atoms. The summed E-state index contributed by atoms with van der Waals surface area (Å²) >= 11 is 6.91. The molecule has 2 heterocycles. The van der Waals surface area contributed by atoms with Gasteiger partial charge in [0, 0.05) is 42.2 Å². The zero-order valence-electron chi connectivity index (χ0n) is 25.4. The molecule has 3 aromatic carbocycles. The summed E-state index contributed by atoms with van der Waals surface area (Å²) in [4.78, 5) is 6.21. The van der Waals surface area contributed by atoms with Crippen molar-refractivity contribution in [2.45, 2.75) is 64.6 Å². The van der Waals surface area contributed by atoms with Crippen LogP contribution < -0.4 is 15.3 Å². The van der Waals surface area contributed by atoms with Gasteiger partial charge in [-0.25, -0.2) is 4.39 Å². The van der Waals surface area contributed by atoms with Gasteiger partial charge in [-0.3, -0.25) is 4.98 Å². The highest BCUT2D eigenvalue weighted by molar-refractivity contribution is 6.99. The van der Waals surface area contributed by atoms with Crippen molar-refractivity contribution in [1.29, 1.82) is 0 Å². The Bertz CT molecular complexity index is 1470. The van der Waals surface area contributed by atoms with Crippen LogP contribution >= 0.6 is 11.6 Å². The number of halogens is 2. The molecule has 1 aliphatic rings. The Morgan fingerprint density at radius 1 is 1.00 bits per heavy atom. The van der Waals surface area contributed by atoms with E-state index in [0.717, 1.165) is 15.9 Å². The summed E-state index contributed by atoms with van der Waals surface area (Å²) in [6.07, 6.45) is 1.79. The molecule has 1 fully saturated rings. The zero-order chi connectivity index (χ0) is 30.8. The van der Waals surface area contributed by atoms with Gasteiger partial charge in [-0.1, -0.05) is 99.1 Å². The van der Waals surface area contributed by atoms with Gasteiger partial charge < -0.3 is 19.2 Å². The minimum atomic E-state index is -2.92. The third-order valence-corrected chi connectivity index (χ3v) is 13.5. The molecular weight excluding hydrogens is 579 g/mol. The number of benzene rings is 3. The van der Waals surface area contributed by atoms with Crippen LogP contribution in [0, 0.1) is 5.82 Å². The lowest BCUT2D eigenvalue weighted by molar-refractivity contribution is -0.00532. The molecule has 0 radical (unpaired) electrons. The zero-order valence-corrected chi connectivity index (χ0v) is 27.2. The van der Waals surface area contributed by atoms with Crippen LogP contribution in [0.3, 0.4) is 0 Å². The average molecular weight is 619 g/mol. The normalized spacial score (nSPS) is 18.5. The van der Waals surface area contributed by atoms with Crippen LogP contribution in [0.4, 0.5) is 10.1 Å². The topological polar surface area (TPSA) is 54.8 Å². The molecule has 0 spiro atoms. The first kappa shape index (κ1) is 31.4. The molecule has 226 valence electrons. The number of hydrogen-bond acceptors (Lipinski definition) is 5. The number of aliphatic hydroxyl groups is 1. The summed E-state index contributed by atoms with van der Waals surface area (Å²) in [5.74, 6) is -0.644. The second kappa shape index (κ2) is 12.9. The molecule has 1 aromatic heterocycles. The van der Waals surface area contributed by atoms with E-state index in [9.17, 15) is 5.11 Å². The molecule has 0 aliphatic carbocycles. The Morgan fingerprint density at radius 2 is 1.58 bits per heavy atom. The molecule has 4 aromatic rings. The number of pyridine rings is 1. The second-order valence-corrected chi connectivity index (χ2v) is 17.1. The minimum absolute atomic E-state index is 0.0252. The van der Waals surface area contributed by atoms with E-state index in [1.54, 1.807) is 24.4 Å². The summed E-state index contributed by atoms with van der Waals surface area (Å²) in [5, 5.41) is 13.3. The monoisotopic (exact) mass is 618 g/mol. The molecule has 1 saturated heterocycles. The predicted molar refractivity (Wildman–Crippen MR) is 174 cm³/mol. The highest BCUT2D eigenvalue weighted by Crippen LogP contribution is 2.42. The first-order valence-electron chi connectivity index (χ1n) is 14.8. The number of nitrogens with zero attached hydrogens (tertiary/aromatic N) is 2. The Kier molecular flexibility index (Phi) is 9.39. The molecule has 3 atom stereocenters. The standard InChI is InChI=1S/C35H40ClFN2O3Si/c1-24-21-39(22-25(2)42-24)33-27(19-30(32(37)31(33)36)34(40)26-13-12-18-38-20-26)23-41-43(35(3,4)5,28-14-8-6-9-15-28)29-16-10-7-11-17-29/h6-20,24-25,34,40H,21-23H2,1-5H3. The summed E-state index contributed by atoms with van der Waals surface area (Å²) in [5.41, 5.74) is 1.88. The van der Waals surface area contributed by atoms with Crippen molar-refractivity contribution in [3.8, 4) is 0 Å². The van der Waals surface area contributed by atoms with E-state index in [-0.39, 0.29) is 34.4 Å². The molecule has 43 heavy (non-hydrogen) atoms. The highest BCUT2D eigenvalue weighted by Gasteiger charge is 2.50. The van der Waals surface area contributed by atoms with E-state index in [4.69, 9.17) is 20.8 Å². The molecule has 0 saturated carbocycles. The molecule has 1 aliphatic heterocycles. The Balaban J connectivity index is 1.67. The van der Waals surface area contributed by atoms with Crippen LogP contribution in [0.1, 0.15) is 57.4 Å². The quantitative estimate of drug-likeness (QED) is 0.224. The number of aromatic nitrogens is 1. The summed E-state index contributed by atoms with van der Waals surface area (Å²) in [6, 6.07) is 26.0. The van der Waals surface area contributed by atoms with Crippen LogP contribution in [-0.4, -0.2) is 43.7 Å². The fourth-order valence-electron chi connectivity index (χ4n) is 6.37. The lowest BCUT2D eigenvalue weighted by atomic mass is 9.98. The summed E-state index contributed by atoms with van der Waals surface area (Å²) in [7, 11) is -2.92. The van der Waals surface area contributed by atoms with Gasteiger partial charge in [-0.2, -0.15) is 0 Å². The number of anilines is 1. The van der Waals surface area contributed by atoms with Crippen LogP contribution in [0.15, 0.2) is 91.3 Å². The Hall–Kier alpha value is -3.07. The van der Waals surface area contributed by atoms with Crippen molar-refractivity contribution >= 4 is 36.0 Å². The van der Waals surface area contributed by atoms with E-state index in [2.05, 4.69) is 54.9 Å². The third kappa shape index (κ3) is 6.28. The van der Waals surface area contributed by atoms with Gasteiger partial charge in [0.2, 0.25) is 0 Å². The largest absolute Gasteiger partial charge is 0.403 e. The summed E-state index contributed by atoms with van der Waals surface area (Å²) in [6.45, 7) is 12.0. The molecule has 5 rings (SSSR count). The molecule has 0 amide bonds. The lowest BCUT2D eigenvalue weighted by Gasteiger charge is -2.43. The highest BCUT2D eigenvalue weighted by atomic mass is 35.5. The van der Waals surface area contributed by atoms with Gasteiger partial charge in [0.15, 0.2) is 0 Å². The maximum atomic E-state index is 16.1. The van der Waals surface area contributed by atoms with Crippen molar-refractivity contribution in [3.63, 3.8) is 0 Å². The van der Waals surface area contributed by atoms with Crippen molar-refractivity contribution < 1.29 is 18.7 Å². The van der Waals surface area contributed by atoms with Gasteiger partial charge in [-0.05, 0) is 41.4 Å². The Morgan fingerprint density at radius 3 is 2.09 bits per heavy atom. The van der Waals surface area contributed by atoms with Crippen LogP contribution in [0.5, 0.6) is 0 Å². The number of hydrogen-bond donors (Lipinski definition) is 1. The van der Waals surface area contributed by atoms with E-state index in [0.29, 0.717) is 24.3 Å². The average Bonchev–Trinajstić information content (AvgIpc) is 2.99. The van der Waals surface area contributed by atoms with Gasteiger partial charge in [0.05, 0.1) is 24.5 Å². The van der Waals surface area contributed by atoms with Crippen molar-refractivity contribution in [1.82, 2.24) is 4.98 Å². The molecule has 1 N–H and O–H groups in total. The van der Waals surface area contributed by atoms with Crippen LogP contribution in [-0.2, 0) is 15.8 Å². The first-order valence-corrected chi connectivity index (χ1v) is 17.1. The van der Waals surface area contributed by atoms with Crippen molar-refractivity contribution in [3.05, 3.63) is 119 Å². The van der Waals surface area contributed by atoms with Crippen molar-refractivity contribution in [2.75, 3.05) is 18.0 Å². The van der Waals surface area contributed by atoms with Crippen LogP contribution in [0.2, 0.25) is 10.1 Å². The first-order chi connectivity index (χ1) is 20.5. The molecule has 8 heteroatoms. The van der Waals surface area contributed by atoms with E-state index >= 15 is 4.39 Å². The minimum Gasteiger partial charge on any atom is -0.403 e. The number of aliphatic hydroxyl groups excluding tert-OH is 1. The maximum absolute atomic E-state index is 16.1. The van der Waals surface area contributed by atoms with Crippen LogP contribution in [0.25, 0.3) is 0 Å². The second-order valence-electron chi connectivity index (χ2n) is 12.4. The van der Waals surface area contributed by atoms with Gasteiger partial charge in [-0.15, -0.1) is 0 Å².